The third kappa shape index (κ3) is 6.91. The van der Waals surface area contributed by atoms with Gasteiger partial charge in [0.15, 0.2) is 5.96 Å². The molecule has 2 rings (SSSR count). The van der Waals surface area contributed by atoms with Crippen LogP contribution in [0.4, 0.5) is 4.39 Å². The van der Waals surface area contributed by atoms with Gasteiger partial charge in [-0.1, -0.05) is 13.0 Å². The molecule has 1 aromatic heterocycles. The fraction of sp³-hybridized carbons (Fsp3) is 0.389. The zero-order valence-electron chi connectivity index (χ0n) is 14.7. The molecule has 4 nitrogen and oxygen atoms in total. The molecule has 0 aliphatic rings. The van der Waals surface area contributed by atoms with E-state index in [1.54, 1.807) is 31.6 Å². The van der Waals surface area contributed by atoms with Gasteiger partial charge in [-0.3, -0.25) is 4.99 Å². The number of halogens is 2. The van der Waals surface area contributed by atoms with E-state index in [9.17, 15) is 4.39 Å². The van der Waals surface area contributed by atoms with Gasteiger partial charge in [-0.25, -0.2) is 4.39 Å². The highest BCUT2D eigenvalue weighted by atomic mass is 127. The van der Waals surface area contributed by atoms with Gasteiger partial charge >= 0.3 is 0 Å². The van der Waals surface area contributed by atoms with Crippen LogP contribution >= 0.6 is 35.3 Å². The van der Waals surface area contributed by atoms with Crippen molar-refractivity contribution in [2.24, 2.45) is 4.99 Å². The molecule has 1 heterocycles. The molecule has 0 aliphatic carbocycles. The second kappa shape index (κ2) is 11.4. The number of ether oxygens (including phenoxy) is 1. The van der Waals surface area contributed by atoms with Crippen molar-refractivity contribution in [2.45, 2.75) is 26.0 Å². The maximum absolute atomic E-state index is 13.6. The molecule has 0 aliphatic heterocycles. The van der Waals surface area contributed by atoms with E-state index in [2.05, 4.69) is 39.4 Å². The van der Waals surface area contributed by atoms with Crippen LogP contribution < -0.4 is 10.6 Å². The first-order valence-corrected chi connectivity index (χ1v) is 8.81. The number of methoxy groups -OCH3 is 1. The van der Waals surface area contributed by atoms with E-state index in [0.29, 0.717) is 18.0 Å². The average Bonchev–Trinajstić information content (AvgIpc) is 3.12. The molecule has 0 spiro atoms. The van der Waals surface area contributed by atoms with E-state index in [-0.39, 0.29) is 36.4 Å². The van der Waals surface area contributed by atoms with Gasteiger partial charge in [0, 0.05) is 32.8 Å². The molecule has 0 saturated heterocycles. The van der Waals surface area contributed by atoms with Crippen molar-refractivity contribution in [3.8, 4) is 0 Å². The molecule has 1 aromatic carbocycles. The van der Waals surface area contributed by atoms with Gasteiger partial charge in [-0.15, -0.1) is 24.0 Å². The van der Waals surface area contributed by atoms with Crippen LogP contribution in [0.2, 0.25) is 0 Å². The van der Waals surface area contributed by atoms with Crippen molar-refractivity contribution in [2.75, 3.05) is 20.7 Å². The predicted molar refractivity (Wildman–Crippen MR) is 113 cm³/mol. The Labute approximate surface area is 169 Å². The number of nitrogens with one attached hydrogen (secondary N) is 2. The lowest BCUT2D eigenvalue weighted by Crippen LogP contribution is -2.38. The molecule has 0 bridgehead atoms. The van der Waals surface area contributed by atoms with Crippen molar-refractivity contribution >= 4 is 41.3 Å². The van der Waals surface area contributed by atoms with Crippen LogP contribution in [0.1, 0.15) is 29.5 Å². The zero-order chi connectivity index (χ0) is 17.4. The first kappa shape index (κ1) is 21.9. The lowest BCUT2D eigenvalue weighted by Gasteiger charge is -2.16. The van der Waals surface area contributed by atoms with Gasteiger partial charge in [0.25, 0.3) is 0 Å². The van der Waals surface area contributed by atoms with Gasteiger partial charge in [-0.2, -0.15) is 11.3 Å². The Bertz CT molecular complexity index is 664. The summed E-state index contributed by atoms with van der Waals surface area (Å²) in [6.07, 6.45) is 0. The summed E-state index contributed by atoms with van der Waals surface area (Å²) in [4.78, 5) is 4.23. The van der Waals surface area contributed by atoms with Crippen molar-refractivity contribution in [1.82, 2.24) is 10.6 Å². The van der Waals surface area contributed by atoms with Crippen LogP contribution in [0.3, 0.4) is 0 Å². The van der Waals surface area contributed by atoms with Crippen molar-refractivity contribution in [3.05, 3.63) is 57.5 Å². The Hall–Kier alpha value is -1.19. The van der Waals surface area contributed by atoms with Gasteiger partial charge in [0.1, 0.15) is 5.82 Å². The fourth-order valence-corrected chi connectivity index (χ4v) is 3.12. The molecule has 0 fully saturated rings. The van der Waals surface area contributed by atoms with Crippen LogP contribution in [0.5, 0.6) is 0 Å². The summed E-state index contributed by atoms with van der Waals surface area (Å²) in [6.45, 7) is 3.82. The van der Waals surface area contributed by atoms with E-state index < -0.39 is 0 Å². The molecule has 1 atom stereocenters. The fourth-order valence-electron chi connectivity index (χ4n) is 2.33. The maximum atomic E-state index is 13.6. The highest BCUT2D eigenvalue weighted by molar-refractivity contribution is 14.0. The highest BCUT2D eigenvalue weighted by Gasteiger charge is 2.08. The van der Waals surface area contributed by atoms with Crippen molar-refractivity contribution in [3.63, 3.8) is 0 Å². The number of benzene rings is 1. The number of thiophene rings is 1. The number of guanidine groups is 1. The summed E-state index contributed by atoms with van der Waals surface area (Å²) in [6, 6.07) is 7.19. The van der Waals surface area contributed by atoms with E-state index in [1.165, 1.54) is 11.6 Å². The van der Waals surface area contributed by atoms with E-state index in [0.717, 1.165) is 18.1 Å². The Kier molecular flexibility index (Phi) is 9.99. The molecule has 25 heavy (non-hydrogen) atoms. The topological polar surface area (TPSA) is 45.7 Å². The first-order valence-electron chi connectivity index (χ1n) is 7.87. The number of aliphatic imine (C=N–C) groups is 1. The number of rotatable bonds is 7. The zero-order valence-corrected chi connectivity index (χ0v) is 17.9. The minimum absolute atomic E-state index is 0. The number of nitrogens with zero attached hydrogens (tertiary/aromatic N) is 1. The Morgan fingerprint density at radius 3 is 2.76 bits per heavy atom. The van der Waals surface area contributed by atoms with E-state index in [4.69, 9.17) is 4.74 Å². The SMILES string of the molecule is CN=C(NCc1ccc(F)c(COC)c1)NCC(C)c1ccsc1.I. The molecule has 0 amide bonds. The molecule has 2 aromatic rings. The summed E-state index contributed by atoms with van der Waals surface area (Å²) in [5.74, 6) is 0.899. The summed E-state index contributed by atoms with van der Waals surface area (Å²) in [5.41, 5.74) is 2.87. The summed E-state index contributed by atoms with van der Waals surface area (Å²) in [5, 5.41) is 10.8. The van der Waals surface area contributed by atoms with Gasteiger partial charge in [0.2, 0.25) is 0 Å². The molecule has 1 unspecified atom stereocenters. The van der Waals surface area contributed by atoms with Gasteiger partial charge < -0.3 is 15.4 Å². The monoisotopic (exact) mass is 477 g/mol. The third-order valence-corrected chi connectivity index (χ3v) is 4.48. The second-order valence-electron chi connectivity index (χ2n) is 5.62. The minimum atomic E-state index is -0.243. The lowest BCUT2D eigenvalue weighted by molar-refractivity contribution is 0.181. The maximum Gasteiger partial charge on any atom is 0.191 e. The average molecular weight is 477 g/mol. The lowest BCUT2D eigenvalue weighted by atomic mass is 10.1. The quantitative estimate of drug-likeness (QED) is 0.359. The smallest absolute Gasteiger partial charge is 0.191 e. The van der Waals surface area contributed by atoms with Crippen LogP contribution in [0, 0.1) is 5.82 Å². The Morgan fingerprint density at radius 2 is 2.12 bits per heavy atom. The van der Waals surface area contributed by atoms with E-state index in [1.807, 2.05) is 6.07 Å². The normalized spacial score (nSPS) is 12.4. The van der Waals surface area contributed by atoms with Crippen LogP contribution in [0.15, 0.2) is 40.0 Å². The summed E-state index contributed by atoms with van der Waals surface area (Å²) < 4.78 is 18.6. The third-order valence-electron chi connectivity index (χ3n) is 3.78. The largest absolute Gasteiger partial charge is 0.380 e. The highest BCUT2D eigenvalue weighted by Crippen LogP contribution is 2.17. The van der Waals surface area contributed by atoms with Crippen LogP contribution in [-0.4, -0.2) is 26.7 Å². The molecular weight excluding hydrogens is 452 g/mol. The van der Waals surface area contributed by atoms with Crippen molar-refractivity contribution in [1.29, 1.82) is 0 Å². The molecule has 0 saturated carbocycles. The van der Waals surface area contributed by atoms with Gasteiger partial charge in [-0.05, 0) is 46.0 Å². The standard InChI is InChI=1S/C18H24FN3OS.HI/c1-13(15-6-7-24-12-15)9-21-18(20-2)22-10-14-4-5-17(19)16(8-14)11-23-3;/h4-8,12-13H,9-11H2,1-3H3,(H2,20,21,22);1H. The molecule has 2 N–H and O–H groups in total. The Morgan fingerprint density at radius 1 is 1.32 bits per heavy atom. The van der Waals surface area contributed by atoms with Gasteiger partial charge in [0.05, 0.1) is 6.61 Å². The summed E-state index contributed by atoms with van der Waals surface area (Å²) in [7, 11) is 3.30. The molecule has 0 radical (unpaired) electrons. The summed E-state index contributed by atoms with van der Waals surface area (Å²) >= 11 is 1.71. The van der Waals surface area contributed by atoms with Crippen LogP contribution in [0.25, 0.3) is 0 Å². The Balaban J connectivity index is 0.00000312. The van der Waals surface area contributed by atoms with E-state index >= 15 is 0 Å². The van der Waals surface area contributed by atoms with Crippen LogP contribution in [-0.2, 0) is 17.9 Å². The molecular formula is C18H25FIN3OS. The minimum Gasteiger partial charge on any atom is -0.380 e. The first-order chi connectivity index (χ1) is 11.6. The van der Waals surface area contributed by atoms with Crippen molar-refractivity contribution < 1.29 is 9.13 Å². The number of hydrogen-bond donors (Lipinski definition) is 2. The molecule has 7 heteroatoms. The molecule has 138 valence electrons. The second-order valence-corrected chi connectivity index (χ2v) is 6.40. The number of hydrogen-bond acceptors (Lipinski definition) is 3. The predicted octanol–water partition coefficient (Wildman–Crippen LogP) is 4.12.